The first-order valence-corrected chi connectivity index (χ1v) is 11.2. The van der Waals surface area contributed by atoms with Crippen LogP contribution in [0.5, 0.6) is 0 Å². The molecule has 10 nitrogen and oxygen atoms in total. The molecule has 0 unspecified atom stereocenters. The Balaban J connectivity index is 1.60. The van der Waals surface area contributed by atoms with Crippen molar-refractivity contribution in [3.05, 3.63) is 70.4 Å². The quantitative estimate of drug-likeness (QED) is 0.139. The van der Waals surface area contributed by atoms with Crippen molar-refractivity contribution in [2.45, 2.75) is 18.1 Å². The van der Waals surface area contributed by atoms with Gasteiger partial charge in [-0.2, -0.15) is 5.10 Å². The summed E-state index contributed by atoms with van der Waals surface area (Å²) in [5, 5.41) is 7.77. The highest BCUT2D eigenvalue weighted by Crippen LogP contribution is 2.19. The molecule has 11 heteroatoms. The van der Waals surface area contributed by atoms with Gasteiger partial charge in [-0.3, -0.25) is 23.8 Å². The third kappa shape index (κ3) is 4.98. The number of hydrogen-bond acceptors (Lipinski definition) is 8. The van der Waals surface area contributed by atoms with Crippen molar-refractivity contribution in [2.75, 3.05) is 18.1 Å². The van der Waals surface area contributed by atoms with E-state index in [0.717, 1.165) is 11.8 Å². The number of carbonyl (C=O) groups excluding carboxylic acids is 1. The second kappa shape index (κ2) is 10.2. The summed E-state index contributed by atoms with van der Waals surface area (Å²) in [4.78, 5) is 41.7. The SMILES string of the molecule is CN=C(CSc1nc2nccnc2c(=O)n1CCc1ccccc1)Nc1c(C=O)cnn1C. The minimum atomic E-state index is -0.232. The maximum absolute atomic E-state index is 13.2. The van der Waals surface area contributed by atoms with Gasteiger partial charge >= 0.3 is 0 Å². The van der Waals surface area contributed by atoms with Crippen molar-refractivity contribution < 1.29 is 4.79 Å². The van der Waals surface area contributed by atoms with E-state index >= 15 is 0 Å². The van der Waals surface area contributed by atoms with Gasteiger partial charge in [0.15, 0.2) is 22.6 Å². The zero-order valence-corrected chi connectivity index (χ0v) is 19.0. The third-order valence-electron chi connectivity index (χ3n) is 4.99. The van der Waals surface area contributed by atoms with Crippen LogP contribution in [0.2, 0.25) is 0 Å². The number of nitrogens with one attached hydrogen (secondary N) is 1. The highest BCUT2D eigenvalue weighted by molar-refractivity contribution is 7.99. The number of thioether (sulfide) groups is 1. The molecular formula is C22H22N8O2S. The molecule has 3 aromatic heterocycles. The minimum absolute atomic E-state index is 0.232. The van der Waals surface area contributed by atoms with Crippen molar-refractivity contribution in [1.29, 1.82) is 0 Å². The average molecular weight is 463 g/mol. The molecule has 0 aliphatic rings. The number of amidine groups is 1. The average Bonchev–Trinajstić information content (AvgIpc) is 3.20. The molecule has 0 fully saturated rings. The highest BCUT2D eigenvalue weighted by atomic mass is 32.2. The van der Waals surface area contributed by atoms with Crippen LogP contribution < -0.4 is 10.9 Å². The lowest BCUT2D eigenvalue weighted by Crippen LogP contribution is -2.26. The summed E-state index contributed by atoms with van der Waals surface area (Å²) in [5.74, 6) is 1.54. The molecule has 0 radical (unpaired) electrons. The first-order valence-electron chi connectivity index (χ1n) is 10.2. The molecule has 0 amide bonds. The Morgan fingerprint density at radius 2 is 2.00 bits per heavy atom. The zero-order valence-electron chi connectivity index (χ0n) is 18.2. The van der Waals surface area contributed by atoms with E-state index in [-0.39, 0.29) is 11.1 Å². The standard InChI is InChI=1S/C22H22N8O2S/c1-23-17(27-20-16(13-31)12-26-29(20)2)14-33-22-28-19-18(24-9-10-25-19)21(32)30(22)11-8-15-6-4-3-5-7-15/h3-7,9-10,12-13H,8,11,14H2,1-2H3,(H,23,27). The van der Waals surface area contributed by atoms with Crippen LogP contribution >= 0.6 is 11.8 Å². The molecule has 0 saturated carbocycles. The number of aldehydes is 1. The van der Waals surface area contributed by atoms with E-state index < -0.39 is 0 Å². The summed E-state index contributed by atoms with van der Waals surface area (Å²) in [5.41, 5.74) is 1.86. The molecule has 1 N–H and O–H groups in total. The van der Waals surface area contributed by atoms with Crippen LogP contribution in [-0.4, -0.2) is 54.2 Å². The summed E-state index contributed by atoms with van der Waals surface area (Å²) in [7, 11) is 3.39. The number of rotatable bonds is 8. The lowest BCUT2D eigenvalue weighted by Gasteiger charge is -2.14. The van der Waals surface area contributed by atoms with Crippen LogP contribution in [0.1, 0.15) is 15.9 Å². The number of fused-ring (bicyclic) bond motifs is 1. The van der Waals surface area contributed by atoms with E-state index in [1.54, 1.807) is 23.3 Å². The van der Waals surface area contributed by atoms with Crippen molar-refractivity contribution in [1.82, 2.24) is 29.3 Å². The van der Waals surface area contributed by atoms with Crippen LogP contribution in [-0.2, 0) is 20.0 Å². The lowest BCUT2D eigenvalue weighted by molar-refractivity contribution is 0.112. The van der Waals surface area contributed by atoms with Gasteiger partial charge in [0.25, 0.3) is 5.56 Å². The molecule has 1 aromatic carbocycles. The van der Waals surface area contributed by atoms with Crippen molar-refractivity contribution in [3.63, 3.8) is 0 Å². The Morgan fingerprint density at radius 1 is 1.21 bits per heavy atom. The monoisotopic (exact) mass is 462 g/mol. The molecule has 0 aliphatic heterocycles. The Bertz CT molecular complexity index is 1360. The molecule has 33 heavy (non-hydrogen) atoms. The fraction of sp³-hybridized carbons (Fsp3) is 0.227. The van der Waals surface area contributed by atoms with E-state index in [0.29, 0.717) is 46.7 Å². The topological polar surface area (TPSA) is 120 Å². The summed E-state index contributed by atoms with van der Waals surface area (Å²) in [6.45, 7) is 0.452. The zero-order chi connectivity index (χ0) is 23.2. The molecule has 0 bridgehead atoms. The van der Waals surface area contributed by atoms with Crippen molar-refractivity contribution in [3.8, 4) is 0 Å². The smallest absolute Gasteiger partial charge is 0.282 e. The first-order chi connectivity index (χ1) is 16.1. The summed E-state index contributed by atoms with van der Waals surface area (Å²) >= 11 is 1.36. The number of benzene rings is 1. The van der Waals surface area contributed by atoms with E-state index in [1.165, 1.54) is 30.4 Å². The largest absolute Gasteiger partial charge is 0.328 e. The maximum atomic E-state index is 13.2. The Hall–Kier alpha value is -3.86. The van der Waals surface area contributed by atoms with E-state index in [9.17, 15) is 9.59 Å². The predicted octanol–water partition coefficient (Wildman–Crippen LogP) is 2.21. The molecule has 0 atom stereocenters. The number of hydrogen-bond donors (Lipinski definition) is 1. The van der Waals surface area contributed by atoms with E-state index in [4.69, 9.17) is 0 Å². The second-order valence-electron chi connectivity index (χ2n) is 7.09. The van der Waals surface area contributed by atoms with Crippen molar-refractivity contribution in [2.24, 2.45) is 12.0 Å². The molecule has 0 saturated heterocycles. The molecule has 4 rings (SSSR count). The molecule has 3 heterocycles. The van der Waals surface area contributed by atoms with E-state index in [2.05, 4.69) is 30.4 Å². The fourth-order valence-electron chi connectivity index (χ4n) is 3.24. The number of aryl methyl sites for hydroxylation is 2. The van der Waals surface area contributed by atoms with Gasteiger partial charge in [-0.05, 0) is 12.0 Å². The van der Waals surface area contributed by atoms with Gasteiger partial charge in [0, 0.05) is 33.0 Å². The van der Waals surface area contributed by atoms with E-state index in [1.807, 2.05) is 30.3 Å². The Labute approximate surface area is 193 Å². The minimum Gasteiger partial charge on any atom is -0.328 e. The fourth-order valence-corrected chi connectivity index (χ4v) is 4.19. The first kappa shape index (κ1) is 22.3. The molecule has 0 aliphatic carbocycles. The van der Waals surface area contributed by atoms with Crippen LogP contribution in [0.25, 0.3) is 11.2 Å². The van der Waals surface area contributed by atoms with Gasteiger partial charge in [0.2, 0.25) is 0 Å². The van der Waals surface area contributed by atoms with Crippen LogP contribution in [0, 0.1) is 0 Å². The number of anilines is 1. The molecule has 168 valence electrons. The lowest BCUT2D eigenvalue weighted by atomic mass is 10.1. The third-order valence-corrected chi connectivity index (χ3v) is 5.98. The molecule has 0 spiro atoms. The summed E-state index contributed by atoms with van der Waals surface area (Å²) < 4.78 is 3.20. The van der Waals surface area contributed by atoms with Gasteiger partial charge in [0.1, 0.15) is 11.7 Å². The van der Waals surface area contributed by atoms with Crippen LogP contribution in [0.3, 0.4) is 0 Å². The predicted molar refractivity (Wildman–Crippen MR) is 128 cm³/mol. The van der Waals surface area contributed by atoms with Gasteiger partial charge in [0.05, 0.1) is 17.5 Å². The van der Waals surface area contributed by atoms with Gasteiger partial charge in [-0.1, -0.05) is 42.1 Å². The van der Waals surface area contributed by atoms with Gasteiger partial charge < -0.3 is 5.32 Å². The number of aliphatic imine (C=N–C) groups is 1. The number of aromatic nitrogens is 6. The maximum Gasteiger partial charge on any atom is 0.282 e. The highest BCUT2D eigenvalue weighted by Gasteiger charge is 2.16. The van der Waals surface area contributed by atoms with Crippen LogP contribution in [0.4, 0.5) is 5.82 Å². The van der Waals surface area contributed by atoms with Crippen LogP contribution in [0.15, 0.2) is 63.9 Å². The number of nitrogens with zero attached hydrogens (tertiary/aromatic N) is 7. The Morgan fingerprint density at radius 3 is 2.76 bits per heavy atom. The normalized spacial score (nSPS) is 11.6. The molecule has 4 aromatic rings. The number of carbonyl (C=O) groups is 1. The van der Waals surface area contributed by atoms with Gasteiger partial charge in [-0.15, -0.1) is 0 Å². The second-order valence-corrected chi connectivity index (χ2v) is 8.03. The van der Waals surface area contributed by atoms with Crippen molar-refractivity contribution >= 4 is 40.9 Å². The summed E-state index contributed by atoms with van der Waals surface area (Å²) in [6.07, 6.45) is 5.90. The molecular weight excluding hydrogens is 440 g/mol. The van der Waals surface area contributed by atoms with Gasteiger partial charge in [-0.25, -0.2) is 15.0 Å². The Kier molecular flexibility index (Phi) is 6.89. The summed E-state index contributed by atoms with van der Waals surface area (Å²) in [6, 6.07) is 9.95.